The molecule has 0 rings (SSSR count). The number of carbonyl (C=O) groups is 6. The van der Waals surface area contributed by atoms with Gasteiger partial charge in [0.2, 0.25) is 35.4 Å². The Balaban J connectivity index is 6.56. The number of nitrogens with two attached hydrogens (primary N) is 16. The summed E-state index contributed by atoms with van der Waals surface area (Å²) < 4.78 is 0. The standard InChI is InChI=1S/C40H84N26O6/c41-23(9-3-15-57-35(45)46)31(69)63-25(11-5-17-59-37(49)50)33(71)65-27(29(43)67)21(13-19-61-39(53)54)7-1-2-8-22(14-20-62-40(55)56)28(30(44)68)66-34(72)26(12-6-18-60-38(51)52)64-32(70)24(42)10-4-16-58-36(47)48/h21-28H,1-20,41-42H2,(H2,43,67)(H2,44,68)(H,63,69)(H,64,70)(H,65,71)(H,66,72)(H4,45,46,57)(H4,47,48,58)(H4,49,50,59)(H4,51,52,60)(H4,53,54,61)(H4,55,56,62)/t21?,22?,23-,24-,25-,26-,27-,28-/m0/s1. The Morgan fingerprint density at radius 3 is 0.833 bits per heavy atom. The largest absolute Gasteiger partial charge is 0.370 e. The lowest BCUT2D eigenvalue weighted by Crippen LogP contribution is -2.57. The van der Waals surface area contributed by atoms with Crippen molar-refractivity contribution in [1.82, 2.24) is 21.3 Å². The van der Waals surface area contributed by atoms with Gasteiger partial charge in [-0.2, -0.15) is 0 Å². The molecule has 0 saturated carbocycles. The van der Waals surface area contributed by atoms with E-state index in [-0.39, 0.29) is 139 Å². The van der Waals surface area contributed by atoms with E-state index >= 15 is 0 Å². The van der Waals surface area contributed by atoms with Crippen LogP contribution in [-0.2, 0) is 28.8 Å². The van der Waals surface area contributed by atoms with E-state index < -0.39 is 83.5 Å². The van der Waals surface area contributed by atoms with Crippen molar-refractivity contribution in [2.75, 3.05) is 39.3 Å². The lowest BCUT2D eigenvalue weighted by atomic mass is 9.86. The van der Waals surface area contributed by atoms with Crippen LogP contribution in [0.3, 0.4) is 0 Å². The zero-order chi connectivity index (χ0) is 54.8. The van der Waals surface area contributed by atoms with Crippen LogP contribution in [0.2, 0.25) is 0 Å². The average Bonchev–Trinajstić information content (AvgIpc) is 3.28. The summed E-state index contributed by atoms with van der Waals surface area (Å²) >= 11 is 0. The molecule has 0 saturated heterocycles. The van der Waals surface area contributed by atoms with Gasteiger partial charge in [-0.15, -0.1) is 0 Å². The Hall–Kier alpha value is -7.64. The smallest absolute Gasteiger partial charge is 0.243 e. The predicted octanol–water partition coefficient (Wildman–Crippen LogP) is -9.11. The summed E-state index contributed by atoms with van der Waals surface area (Å²) in [6, 6.07) is -7.06. The molecule has 0 bridgehead atoms. The van der Waals surface area contributed by atoms with E-state index in [1.807, 2.05) is 0 Å². The molecule has 0 aromatic rings. The molecule has 0 spiro atoms. The molecule has 32 heteroatoms. The number of unbranched alkanes of at least 4 members (excludes halogenated alkanes) is 1. The highest BCUT2D eigenvalue weighted by Gasteiger charge is 2.34. The Labute approximate surface area is 419 Å². The number of nitrogens with zero attached hydrogens (tertiary/aromatic N) is 6. The van der Waals surface area contributed by atoms with E-state index in [1.54, 1.807) is 0 Å². The van der Waals surface area contributed by atoms with Crippen molar-refractivity contribution >= 4 is 71.2 Å². The number of hydrogen-bond donors (Lipinski definition) is 20. The third-order valence-corrected chi connectivity index (χ3v) is 10.9. The summed E-state index contributed by atoms with van der Waals surface area (Å²) in [5.74, 6) is -6.92. The lowest BCUT2D eigenvalue weighted by Gasteiger charge is -2.29. The van der Waals surface area contributed by atoms with Crippen LogP contribution in [0.5, 0.6) is 0 Å². The van der Waals surface area contributed by atoms with E-state index in [4.69, 9.17) is 91.7 Å². The summed E-state index contributed by atoms with van der Waals surface area (Å²) in [5, 5.41) is 10.7. The molecule has 6 amide bonds. The SMILES string of the molecule is NC(=O)[C@@H](NC(=O)[C@H](CCCN=C(N)N)NC(=O)[C@@H](N)CCCN=C(N)N)C(CCCCC(CCN=C(N)N)[C@H](NC(=O)[C@H](CCCN=C(N)N)NC(=O)[C@@H](N)CCCN=C(N)N)C(N)=O)CCN=C(N)N. The van der Waals surface area contributed by atoms with Crippen LogP contribution in [-0.4, -0.2) is 147 Å². The molecular weight excluding hydrogens is 941 g/mol. The minimum absolute atomic E-state index is 0.0401. The minimum atomic E-state index is -1.29. The molecule has 0 aliphatic carbocycles. The number of hydrogen-bond acceptors (Lipinski definition) is 14. The van der Waals surface area contributed by atoms with Crippen LogP contribution in [0, 0.1) is 11.8 Å². The first-order valence-corrected chi connectivity index (χ1v) is 23.5. The zero-order valence-corrected chi connectivity index (χ0v) is 41.1. The molecule has 2 unspecified atom stereocenters. The molecule has 410 valence electrons. The lowest BCUT2D eigenvalue weighted by molar-refractivity contribution is -0.132. The molecule has 0 aromatic carbocycles. The molecular formula is C40H84N26O6. The van der Waals surface area contributed by atoms with Gasteiger partial charge in [-0.3, -0.25) is 58.7 Å². The van der Waals surface area contributed by atoms with Crippen LogP contribution >= 0.6 is 0 Å². The highest BCUT2D eigenvalue weighted by Crippen LogP contribution is 2.24. The summed E-state index contributed by atoms with van der Waals surface area (Å²) in [6.45, 7) is 0.779. The van der Waals surface area contributed by atoms with Crippen molar-refractivity contribution in [2.24, 2.45) is 134 Å². The number of aliphatic imine (C=N–C) groups is 6. The van der Waals surface area contributed by atoms with Crippen molar-refractivity contribution in [3.63, 3.8) is 0 Å². The van der Waals surface area contributed by atoms with Gasteiger partial charge in [-0.25, -0.2) is 0 Å². The third-order valence-electron chi connectivity index (χ3n) is 10.9. The molecule has 0 heterocycles. The Morgan fingerprint density at radius 1 is 0.306 bits per heavy atom. The quantitative estimate of drug-likeness (QED) is 0.0154. The van der Waals surface area contributed by atoms with Gasteiger partial charge >= 0.3 is 0 Å². The molecule has 0 fully saturated rings. The summed E-state index contributed by atoms with van der Waals surface area (Å²) in [5.41, 5.74) is 89.7. The van der Waals surface area contributed by atoms with Crippen LogP contribution in [0.25, 0.3) is 0 Å². The maximum atomic E-state index is 13.9. The molecule has 36 N–H and O–H groups in total. The Morgan fingerprint density at radius 2 is 0.569 bits per heavy atom. The second-order valence-corrected chi connectivity index (χ2v) is 16.9. The molecule has 8 atom stereocenters. The van der Waals surface area contributed by atoms with Gasteiger partial charge in [0.05, 0.1) is 12.1 Å². The van der Waals surface area contributed by atoms with Gasteiger partial charge in [0.25, 0.3) is 0 Å². The number of primary amides is 2. The maximum absolute atomic E-state index is 13.9. The van der Waals surface area contributed by atoms with E-state index in [0.29, 0.717) is 25.7 Å². The highest BCUT2D eigenvalue weighted by molar-refractivity contribution is 5.94. The topological polar surface area (TPSA) is 641 Å². The van der Waals surface area contributed by atoms with E-state index in [1.165, 1.54) is 0 Å². The number of nitrogens with one attached hydrogen (secondary N) is 4. The molecule has 0 aliphatic rings. The van der Waals surface area contributed by atoms with Crippen LogP contribution in [0.15, 0.2) is 30.0 Å². The summed E-state index contributed by atoms with van der Waals surface area (Å²) in [4.78, 5) is 104. The minimum Gasteiger partial charge on any atom is -0.370 e. The van der Waals surface area contributed by atoms with Gasteiger partial charge in [0.15, 0.2) is 35.8 Å². The Bertz CT molecular complexity index is 1740. The van der Waals surface area contributed by atoms with Crippen LogP contribution < -0.4 is 113 Å². The second kappa shape index (κ2) is 36.3. The zero-order valence-electron chi connectivity index (χ0n) is 41.1. The first-order valence-electron chi connectivity index (χ1n) is 23.5. The number of carbonyl (C=O) groups excluding carboxylic acids is 6. The third kappa shape index (κ3) is 30.8. The van der Waals surface area contributed by atoms with E-state index in [0.717, 1.165) is 0 Å². The van der Waals surface area contributed by atoms with Crippen molar-refractivity contribution in [3.05, 3.63) is 0 Å². The molecule has 0 radical (unpaired) electrons. The maximum Gasteiger partial charge on any atom is 0.243 e. The number of amides is 6. The molecule has 32 nitrogen and oxygen atoms in total. The summed E-state index contributed by atoms with van der Waals surface area (Å²) in [7, 11) is 0. The normalized spacial score (nSPS) is 14.1. The summed E-state index contributed by atoms with van der Waals surface area (Å²) in [6.07, 6.45) is 3.23. The fraction of sp³-hybridized carbons (Fsp3) is 0.700. The van der Waals surface area contributed by atoms with Gasteiger partial charge < -0.3 is 113 Å². The van der Waals surface area contributed by atoms with Crippen molar-refractivity contribution < 1.29 is 28.8 Å². The van der Waals surface area contributed by atoms with Crippen molar-refractivity contribution in [1.29, 1.82) is 0 Å². The number of rotatable bonds is 39. The van der Waals surface area contributed by atoms with Crippen LogP contribution in [0.1, 0.15) is 89.9 Å². The Kier molecular flexibility index (Phi) is 32.5. The molecule has 0 aromatic heterocycles. The van der Waals surface area contributed by atoms with Crippen molar-refractivity contribution in [3.8, 4) is 0 Å². The molecule has 72 heavy (non-hydrogen) atoms. The first-order chi connectivity index (χ1) is 33.8. The highest BCUT2D eigenvalue weighted by atomic mass is 16.2. The second-order valence-electron chi connectivity index (χ2n) is 16.9. The monoisotopic (exact) mass is 1020 g/mol. The van der Waals surface area contributed by atoms with Gasteiger partial charge in [-0.05, 0) is 88.9 Å². The van der Waals surface area contributed by atoms with Gasteiger partial charge in [-0.1, -0.05) is 12.8 Å². The fourth-order valence-corrected chi connectivity index (χ4v) is 7.24. The molecule has 0 aliphatic heterocycles. The van der Waals surface area contributed by atoms with E-state index in [2.05, 4.69) is 51.2 Å². The average molecular weight is 1030 g/mol. The van der Waals surface area contributed by atoms with Crippen molar-refractivity contribution in [2.45, 2.75) is 126 Å². The predicted molar refractivity (Wildman–Crippen MR) is 278 cm³/mol. The van der Waals surface area contributed by atoms with Gasteiger partial charge in [0.1, 0.15) is 24.2 Å². The van der Waals surface area contributed by atoms with E-state index in [9.17, 15) is 28.8 Å². The van der Waals surface area contributed by atoms with Crippen LogP contribution in [0.4, 0.5) is 0 Å². The number of guanidine groups is 6. The fourth-order valence-electron chi connectivity index (χ4n) is 7.24. The van der Waals surface area contributed by atoms with Gasteiger partial charge in [0, 0.05) is 39.3 Å². The first kappa shape index (κ1) is 64.4.